The van der Waals surface area contributed by atoms with Gasteiger partial charge in [-0.05, 0) is 18.2 Å². The first-order valence-electron chi connectivity index (χ1n) is 5.85. The molecule has 0 aliphatic rings. The Hall–Kier alpha value is -1.78. The van der Waals surface area contributed by atoms with Crippen LogP contribution in [-0.2, 0) is 0 Å². The van der Waals surface area contributed by atoms with Crippen LogP contribution in [0.5, 0.6) is 0 Å². The Kier molecular flexibility index (Phi) is 4.47. The van der Waals surface area contributed by atoms with Gasteiger partial charge in [0.05, 0.1) is 11.3 Å². The highest BCUT2D eigenvalue weighted by Crippen LogP contribution is 2.24. The Labute approximate surface area is 127 Å². The molecule has 6 heteroatoms. The number of benzene rings is 1. The standard InChI is InChI=1S/C14H13Cl2N3O/c1-18(2)8-13(19-6-5-17-9-19)14(20)11-4-3-10(15)7-12(11)16/h3-9H,1-2H3. The van der Waals surface area contributed by atoms with Crippen molar-refractivity contribution in [1.82, 2.24) is 14.5 Å². The highest BCUT2D eigenvalue weighted by Gasteiger charge is 2.17. The molecule has 1 heterocycles. The number of carbonyl (C=O) groups is 1. The summed E-state index contributed by atoms with van der Waals surface area (Å²) in [4.78, 5) is 18.4. The number of imidazole rings is 1. The van der Waals surface area contributed by atoms with E-state index in [4.69, 9.17) is 23.2 Å². The average Bonchev–Trinajstić information content (AvgIpc) is 2.88. The Morgan fingerprint density at radius 2 is 2.10 bits per heavy atom. The average molecular weight is 310 g/mol. The lowest BCUT2D eigenvalue weighted by atomic mass is 10.1. The quantitative estimate of drug-likeness (QED) is 0.641. The van der Waals surface area contributed by atoms with E-state index >= 15 is 0 Å². The number of aromatic nitrogens is 2. The monoisotopic (exact) mass is 309 g/mol. The van der Waals surface area contributed by atoms with Gasteiger partial charge in [0.25, 0.3) is 0 Å². The molecule has 0 radical (unpaired) electrons. The smallest absolute Gasteiger partial charge is 0.212 e. The van der Waals surface area contributed by atoms with E-state index in [-0.39, 0.29) is 5.78 Å². The van der Waals surface area contributed by atoms with Gasteiger partial charge in [-0.2, -0.15) is 0 Å². The molecule has 0 unspecified atom stereocenters. The van der Waals surface area contributed by atoms with Gasteiger partial charge in [0.15, 0.2) is 0 Å². The zero-order valence-corrected chi connectivity index (χ0v) is 12.6. The van der Waals surface area contributed by atoms with Crippen molar-refractivity contribution in [3.63, 3.8) is 0 Å². The molecule has 0 aliphatic heterocycles. The number of Topliss-reactive ketones (excluding diaryl/α,β-unsaturated/α-hetero) is 1. The van der Waals surface area contributed by atoms with Gasteiger partial charge in [-0.15, -0.1) is 0 Å². The Morgan fingerprint density at radius 3 is 2.65 bits per heavy atom. The van der Waals surface area contributed by atoms with Crippen LogP contribution in [0.4, 0.5) is 0 Å². The normalized spacial score (nSPS) is 11.5. The van der Waals surface area contributed by atoms with E-state index in [0.29, 0.717) is 21.3 Å². The van der Waals surface area contributed by atoms with Crippen molar-refractivity contribution in [3.05, 3.63) is 58.7 Å². The SMILES string of the molecule is CN(C)C=C(C(=O)c1ccc(Cl)cc1Cl)n1ccnc1. The van der Waals surface area contributed by atoms with E-state index in [1.807, 2.05) is 14.1 Å². The van der Waals surface area contributed by atoms with Gasteiger partial charge in [0.1, 0.15) is 5.70 Å². The predicted molar refractivity (Wildman–Crippen MR) is 81.0 cm³/mol. The lowest BCUT2D eigenvalue weighted by Crippen LogP contribution is -2.13. The number of hydrogen-bond acceptors (Lipinski definition) is 3. The Balaban J connectivity index is 2.47. The van der Waals surface area contributed by atoms with Crippen LogP contribution >= 0.6 is 23.2 Å². The van der Waals surface area contributed by atoms with Crippen molar-refractivity contribution in [2.24, 2.45) is 0 Å². The van der Waals surface area contributed by atoms with Gasteiger partial charge in [0.2, 0.25) is 5.78 Å². The number of allylic oxidation sites excluding steroid dienone is 1. The van der Waals surface area contributed by atoms with Gasteiger partial charge >= 0.3 is 0 Å². The van der Waals surface area contributed by atoms with Crippen LogP contribution in [0, 0.1) is 0 Å². The molecule has 20 heavy (non-hydrogen) atoms. The number of ketones is 1. The Morgan fingerprint density at radius 1 is 1.35 bits per heavy atom. The molecule has 0 amide bonds. The first-order valence-corrected chi connectivity index (χ1v) is 6.61. The number of rotatable bonds is 4. The molecule has 2 aromatic rings. The van der Waals surface area contributed by atoms with E-state index in [0.717, 1.165) is 0 Å². The van der Waals surface area contributed by atoms with Gasteiger partial charge in [0, 0.05) is 43.3 Å². The maximum atomic E-state index is 12.6. The summed E-state index contributed by atoms with van der Waals surface area (Å²) < 4.78 is 1.65. The van der Waals surface area contributed by atoms with E-state index in [1.54, 1.807) is 52.6 Å². The molecule has 0 saturated carbocycles. The largest absolute Gasteiger partial charge is 0.382 e. The molecule has 1 aromatic heterocycles. The number of carbonyl (C=O) groups excluding carboxylic acids is 1. The van der Waals surface area contributed by atoms with E-state index in [1.165, 1.54) is 0 Å². The van der Waals surface area contributed by atoms with Crippen molar-refractivity contribution in [2.75, 3.05) is 14.1 Å². The van der Waals surface area contributed by atoms with Gasteiger partial charge in [-0.1, -0.05) is 23.2 Å². The van der Waals surface area contributed by atoms with Crippen molar-refractivity contribution >= 4 is 34.7 Å². The van der Waals surface area contributed by atoms with Crippen LogP contribution in [0.25, 0.3) is 5.70 Å². The van der Waals surface area contributed by atoms with Crippen molar-refractivity contribution in [3.8, 4) is 0 Å². The minimum absolute atomic E-state index is 0.196. The van der Waals surface area contributed by atoms with E-state index in [9.17, 15) is 4.79 Å². The topological polar surface area (TPSA) is 38.1 Å². The molecule has 0 saturated heterocycles. The summed E-state index contributed by atoms with van der Waals surface area (Å²) in [5.41, 5.74) is 0.856. The molecular weight excluding hydrogens is 297 g/mol. The molecule has 2 rings (SSSR count). The lowest BCUT2D eigenvalue weighted by Gasteiger charge is -2.13. The zero-order chi connectivity index (χ0) is 14.7. The summed E-state index contributed by atoms with van der Waals surface area (Å²) >= 11 is 11.9. The van der Waals surface area contributed by atoms with Crippen LogP contribution in [0.15, 0.2) is 43.1 Å². The lowest BCUT2D eigenvalue weighted by molar-refractivity contribution is 0.105. The molecule has 0 N–H and O–H groups in total. The highest BCUT2D eigenvalue weighted by atomic mass is 35.5. The fraction of sp³-hybridized carbons (Fsp3) is 0.143. The molecule has 0 fully saturated rings. The summed E-state index contributed by atoms with van der Waals surface area (Å²) in [6.07, 6.45) is 6.60. The molecule has 1 aromatic carbocycles. The minimum Gasteiger partial charge on any atom is -0.382 e. The van der Waals surface area contributed by atoms with Crippen molar-refractivity contribution in [1.29, 1.82) is 0 Å². The van der Waals surface area contributed by atoms with Crippen LogP contribution in [0.2, 0.25) is 10.0 Å². The molecule has 0 bridgehead atoms. The molecule has 4 nitrogen and oxygen atoms in total. The predicted octanol–water partition coefficient (Wildman–Crippen LogP) is 3.43. The van der Waals surface area contributed by atoms with E-state index < -0.39 is 0 Å². The summed E-state index contributed by atoms with van der Waals surface area (Å²) in [7, 11) is 3.68. The first-order chi connectivity index (χ1) is 9.49. The van der Waals surface area contributed by atoms with Gasteiger partial charge in [-0.25, -0.2) is 4.98 Å². The number of nitrogens with zero attached hydrogens (tertiary/aromatic N) is 3. The van der Waals surface area contributed by atoms with Gasteiger partial charge < -0.3 is 9.47 Å². The van der Waals surface area contributed by atoms with Gasteiger partial charge in [-0.3, -0.25) is 4.79 Å². The fourth-order valence-corrected chi connectivity index (χ4v) is 2.19. The molecule has 0 aliphatic carbocycles. The Bertz CT molecular complexity index is 648. The summed E-state index contributed by atoms with van der Waals surface area (Å²) in [6.45, 7) is 0. The van der Waals surface area contributed by atoms with Crippen LogP contribution in [0.1, 0.15) is 10.4 Å². The third-order valence-corrected chi connectivity index (χ3v) is 3.12. The minimum atomic E-state index is -0.196. The second-order valence-electron chi connectivity index (χ2n) is 4.40. The first kappa shape index (κ1) is 14.6. The van der Waals surface area contributed by atoms with Crippen LogP contribution in [-0.4, -0.2) is 34.3 Å². The van der Waals surface area contributed by atoms with Crippen molar-refractivity contribution in [2.45, 2.75) is 0 Å². The van der Waals surface area contributed by atoms with E-state index in [2.05, 4.69) is 4.98 Å². The third-order valence-electron chi connectivity index (χ3n) is 2.57. The van der Waals surface area contributed by atoms with Crippen LogP contribution < -0.4 is 0 Å². The number of hydrogen-bond donors (Lipinski definition) is 0. The maximum Gasteiger partial charge on any atom is 0.212 e. The number of halogens is 2. The van der Waals surface area contributed by atoms with Crippen molar-refractivity contribution < 1.29 is 4.79 Å². The molecule has 0 atom stereocenters. The molecule has 0 spiro atoms. The van der Waals surface area contributed by atoms with Crippen LogP contribution in [0.3, 0.4) is 0 Å². The second-order valence-corrected chi connectivity index (χ2v) is 5.24. The zero-order valence-electron chi connectivity index (χ0n) is 11.0. The highest BCUT2D eigenvalue weighted by molar-refractivity contribution is 6.39. The summed E-state index contributed by atoms with van der Waals surface area (Å²) in [5, 5.41) is 0.819. The third kappa shape index (κ3) is 3.21. The fourth-order valence-electron chi connectivity index (χ4n) is 1.70. The maximum absolute atomic E-state index is 12.6. The second kappa shape index (κ2) is 6.11. The molecule has 104 valence electrons. The molecular formula is C14H13Cl2N3O. The summed E-state index contributed by atoms with van der Waals surface area (Å²) in [6, 6.07) is 4.81. The summed E-state index contributed by atoms with van der Waals surface area (Å²) in [5.74, 6) is -0.196.